The second-order valence-electron chi connectivity index (χ2n) is 3.99. The SMILES string of the molecule is Nc1c([N+](=O)[O-])ccc(F)c1C(=O)NCc1sccc1Br. The van der Waals surface area contributed by atoms with Crippen LogP contribution in [0.1, 0.15) is 15.2 Å². The second kappa shape index (κ2) is 6.19. The van der Waals surface area contributed by atoms with E-state index in [9.17, 15) is 19.3 Å². The Morgan fingerprint density at radius 1 is 1.48 bits per heavy atom. The number of nitro benzene ring substituents is 1. The third-order valence-corrected chi connectivity index (χ3v) is 4.62. The molecule has 1 aromatic carbocycles. The Hall–Kier alpha value is -2.00. The van der Waals surface area contributed by atoms with E-state index in [0.717, 1.165) is 21.5 Å². The maximum absolute atomic E-state index is 13.7. The minimum absolute atomic E-state index is 0.165. The van der Waals surface area contributed by atoms with Gasteiger partial charge in [0.2, 0.25) is 0 Å². The molecule has 6 nitrogen and oxygen atoms in total. The first-order chi connectivity index (χ1) is 9.91. The zero-order chi connectivity index (χ0) is 15.6. The fourth-order valence-corrected chi connectivity index (χ4v) is 3.10. The van der Waals surface area contributed by atoms with Gasteiger partial charge in [0.15, 0.2) is 0 Å². The predicted molar refractivity (Wildman–Crippen MR) is 80.7 cm³/mol. The zero-order valence-electron chi connectivity index (χ0n) is 10.4. The number of amides is 1. The van der Waals surface area contributed by atoms with Gasteiger partial charge < -0.3 is 11.1 Å². The number of nitrogens with zero attached hydrogens (tertiary/aromatic N) is 1. The van der Waals surface area contributed by atoms with Gasteiger partial charge in [-0.2, -0.15) is 0 Å². The van der Waals surface area contributed by atoms with E-state index in [1.165, 1.54) is 11.3 Å². The van der Waals surface area contributed by atoms with Crippen LogP contribution < -0.4 is 11.1 Å². The van der Waals surface area contributed by atoms with Crippen LogP contribution in [0.15, 0.2) is 28.1 Å². The average Bonchev–Trinajstić information content (AvgIpc) is 2.81. The van der Waals surface area contributed by atoms with Crippen LogP contribution in [0.4, 0.5) is 15.8 Å². The number of nitro groups is 1. The van der Waals surface area contributed by atoms with Crippen LogP contribution in [0.2, 0.25) is 0 Å². The molecular formula is C12H9BrFN3O3S. The first-order valence-corrected chi connectivity index (χ1v) is 7.31. The lowest BCUT2D eigenvalue weighted by atomic mass is 10.1. The molecule has 0 radical (unpaired) electrons. The number of halogens is 2. The first-order valence-electron chi connectivity index (χ1n) is 5.64. The molecule has 0 atom stereocenters. The average molecular weight is 374 g/mol. The van der Waals surface area contributed by atoms with Crippen molar-refractivity contribution >= 4 is 44.5 Å². The van der Waals surface area contributed by atoms with E-state index in [1.807, 2.05) is 11.4 Å². The van der Waals surface area contributed by atoms with Crippen LogP contribution in [-0.2, 0) is 6.54 Å². The third kappa shape index (κ3) is 3.19. The van der Waals surface area contributed by atoms with Crippen molar-refractivity contribution < 1.29 is 14.1 Å². The van der Waals surface area contributed by atoms with Gasteiger partial charge in [0.25, 0.3) is 11.6 Å². The molecule has 9 heteroatoms. The molecule has 0 unspecified atom stereocenters. The summed E-state index contributed by atoms with van der Waals surface area (Å²) in [4.78, 5) is 22.8. The van der Waals surface area contributed by atoms with Crippen LogP contribution in [0, 0.1) is 15.9 Å². The molecule has 0 fully saturated rings. The van der Waals surface area contributed by atoms with E-state index in [4.69, 9.17) is 5.73 Å². The Morgan fingerprint density at radius 2 is 2.19 bits per heavy atom. The molecule has 110 valence electrons. The van der Waals surface area contributed by atoms with Gasteiger partial charge in [0.1, 0.15) is 17.1 Å². The molecule has 0 saturated heterocycles. The Labute approximate surface area is 131 Å². The number of rotatable bonds is 4. The van der Waals surface area contributed by atoms with E-state index in [0.29, 0.717) is 0 Å². The number of nitrogens with one attached hydrogen (secondary N) is 1. The fraction of sp³-hybridized carbons (Fsp3) is 0.0833. The molecule has 3 N–H and O–H groups in total. The molecule has 0 aliphatic rings. The van der Waals surface area contributed by atoms with Gasteiger partial charge in [-0.25, -0.2) is 4.39 Å². The van der Waals surface area contributed by atoms with Gasteiger partial charge in [-0.1, -0.05) is 0 Å². The fourth-order valence-electron chi connectivity index (χ4n) is 1.67. The van der Waals surface area contributed by atoms with Crippen molar-refractivity contribution in [3.63, 3.8) is 0 Å². The Morgan fingerprint density at radius 3 is 2.76 bits per heavy atom. The van der Waals surface area contributed by atoms with Gasteiger partial charge >= 0.3 is 0 Å². The summed E-state index contributed by atoms with van der Waals surface area (Å²) in [6.45, 7) is 0.165. The minimum atomic E-state index is -0.902. The molecule has 1 amide bonds. The van der Waals surface area contributed by atoms with Crippen LogP contribution >= 0.6 is 27.3 Å². The number of hydrogen-bond donors (Lipinski definition) is 2. The minimum Gasteiger partial charge on any atom is -0.392 e. The van der Waals surface area contributed by atoms with Crippen molar-refractivity contribution in [2.24, 2.45) is 0 Å². The molecule has 2 aromatic rings. The van der Waals surface area contributed by atoms with E-state index in [-0.39, 0.29) is 6.54 Å². The maximum Gasteiger partial charge on any atom is 0.293 e. The van der Waals surface area contributed by atoms with Crippen molar-refractivity contribution in [1.82, 2.24) is 5.32 Å². The molecule has 0 spiro atoms. The molecule has 1 aromatic heterocycles. The molecule has 2 rings (SSSR count). The highest BCUT2D eigenvalue weighted by molar-refractivity contribution is 9.10. The summed E-state index contributed by atoms with van der Waals surface area (Å²) in [5.41, 5.74) is 4.01. The summed E-state index contributed by atoms with van der Waals surface area (Å²) in [5, 5.41) is 15.1. The van der Waals surface area contributed by atoms with Crippen molar-refractivity contribution in [2.45, 2.75) is 6.54 Å². The van der Waals surface area contributed by atoms with Gasteiger partial charge in [-0.15, -0.1) is 11.3 Å². The van der Waals surface area contributed by atoms with Crippen LogP contribution in [-0.4, -0.2) is 10.8 Å². The van der Waals surface area contributed by atoms with Gasteiger partial charge in [-0.05, 0) is 33.4 Å². The Kier molecular flexibility index (Phi) is 4.53. The van der Waals surface area contributed by atoms with E-state index >= 15 is 0 Å². The smallest absolute Gasteiger partial charge is 0.293 e. The summed E-state index contributed by atoms with van der Waals surface area (Å²) in [6, 6.07) is 3.59. The molecule has 1 heterocycles. The van der Waals surface area contributed by atoms with E-state index < -0.39 is 33.6 Å². The maximum atomic E-state index is 13.7. The van der Waals surface area contributed by atoms with Gasteiger partial charge in [0.05, 0.1) is 11.5 Å². The van der Waals surface area contributed by atoms with Crippen molar-refractivity contribution in [3.05, 3.63) is 54.4 Å². The lowest BCUT2D eigenvalue weighted by molar-refractivity contribution is -0.384. The lowest BCUT2D eigenvalue weighted by Crippen LogP contribution is -2.25. The quantitative estimate of drug-likeness (QED) is 0.488. The van der Waals surface area contributed by atoms with E-state index in [1.54, 1.807) is 0 Å². The van der Waals surface area contributed by atoms with Gasteiger partial charge in [-0.3, -0.25) is 14.9 Å². The lowest BCUT2D eigenvalue weighted by Gasteiger charge is -2.08. The summed E-state index contributed by atoms with van der Waals surface area (Å²) in [6.07, 6.45) is 0. The van der Waals surface area contributed by atoms with Crippen molar-refractivity contribution in [2.75, 3.05) is 5.73 Å². The Balaban J connectivity index is 2.25. The summed E-state index contributed by atoms with van der Waals surface area (Å²) in [7, 11) is 0. The number of anilines is 1. The van der Waals surface area contributed by atoms with Crippen LogP contribution in [0.3, 0.4) is 0 Å². The molecular weight excluding hydrogens is 365 g/mol. The molecule has 0 saturated carbocycles. The number of carbonyl (C=O) groups is 1. The predicted octanol–water partition coefficient (Wildman–Crippen LogP) is 3.07. The van der Waals surface area contributed by atoms with Crippen molar-refractivity contribution in [3.8, 4) is 0 Å². The first kappa shape index (κ1) is 15.4. The van der Waals surface area contributed by atoms with Crippen LogP contribution in [0.25, 0.3) is 0 Å². The molecule has 0 aliphatic heterocycles. The molecule has 0 aliphatic carbocycles. The van der Waals surface area contributed by atoms with Crippen LogP contribution in [0.5, 0.6) is 0 Å². The summed E-state index contributed by atoms with van der Waals surface area (Å²) >= 11 is 4.71. The second-order valence-corrected chi connectivity index (χ2v) is 5.84. The number of nitrogen functional groups attached to an aromatic ring is 1. The Bertz CT molecular complexity index is 720. The third-order valence-electron chi connectivity index (χ3n) is 2.70. The standard InChI is InChI=1S/C12H9BrFN3O3S/c13-6-3-4-21-9(6)5-16-12(18)10-7(14)1-2-8(11(10)15)17(19)20/h1-4H,5,15H2,(H,16,18). The highest BCUT2D eigenvalue weighted by Gasteiger charge is 2.23. The number of nitrogens with two attached hydrogens (primary N) is 1. The topological polar surface area (TPSA) is 98.3 Å². The highest BCUT2D eigenvalue weighted by atomic mass is 79.9. The largest absolute Gasteiger partial charge is 0.392 e. The monoisotopic (exact) mass is 373 g/mol. The van der Waals surface area contributed by atoms with Crippen molar-refractivity contribution in [1.29, 1.82) is 0 Å². The number of hydrogen-bond acceptors (Lipinski definition) is 5. The summed E-state index contributed by atoms with van der Waals surface area (Å²) in [5.74, 6) is -1.70. The van der Waals surface area contributed by atoms with E-state index in [2.05, 4.69) is 21.2 Å². The number of thiophene rings is 1. The molecule has 0 bridgehead atoms. The molecule has 21 heavy (non-hydrogen) atoms. The summed E-state index contributed by atoms with van der Waals surface area (Å²) < 4.78 is 14.5. The number of carbonyl (C=O) groups excluding carboxylic acids is 1. The normalized spacial score (nSPS) is 10.4. The van der Waals surface area contributed by atoms with Gasteiger partial charge in [0, 0.05) is 15.4 Å². The number of benzene rings is 1. The highest BCUT2D eigenvalue weighted by Crippen LogP contribution is 2.28. The zero-order valence-corrected chi connectivity index (χ0v) is 12.8.